The molecule has 0 heterocycles. The second kappa shape index (κ2) is 8.03. The number of carbonyl (C=O) groups excluding carboxylic acids is 1. The van der Waals surface area contributed by atoms with Crippen LogP contribution in [-0.4, -0.2) is 12.6 Å². The first-order valence-electron chi connectivity index (χ1n) is 8.15. The van der Waals surface area contributed by atoms with Crippen molar-refractivity contribution in [3.05, 3.63) is 70.7 Å². The van der Waals surface area contributed by atoms with Crippen LogP contribution >= 0.6 is 27.5 Å². The lowest BCUT2D eigenvalue weighted by Gasteiger charge is -2.17. The van der Waals surface area contributed by atoms with Gasteiger partial charge in [-0.3, -0.25) is 4.79 Å². The van der Waals surface area contributed by atoms with Crippen molar-refractivity contribution in [1.82, 2.24) is 0 Å². The summed E-state index contributed by atoms with van der Waals surface area (Å²) < 4.78 is 5.19. The lowest BCUT2D eigenvalue weighted by molar-refractivity contribution is -0.142. The summed E-state index contributed by atoms with van der Waals surface area (Å²) in [5.74, 6) is -0.213. The van der Waals surface area contributed by atoms with E-state index < -0.39 is 0 Å². The minimum Gasteiger partial charge on any atom is -0.466 e. The number of esters is 1. The smallest absolute Gasteiger partial charge is 0.310 e. The molecular formula is C21H18BrClO2. The highest BCUT2D eigenvalue weighted by Gasteiger charge is 2.18. The van der Waals surface area contributed by atoms with Crippen molar-refractivity contribution < 1.29 is 9.53 Å². The van der Waals surface area contributed by atoms with E-state index in [9.17, 15) is 4.79 Å². The van der Waals surface area contributed by atoms with Gasteiger partial charge in [0, 0.05) is 10.4 Å². The molecule has 0 bridgehead atoms. The van der Waals surface area contributed by atoms with Crippen molar-refractivity contribution in [2.75, 3.05) is 6.61 Å². The molecule has 3 rings (SSSR count). The minimum atomic E-state index is -0.213. The van der Waals surface area contributed by atoms with E-state index in [4.69, 9.17) is 16.3 Å². The van der Waals surface area contributed by atoms with Crippen molar-refractivity contribution in [2.45, 2.75) is 18.7 Å². The number of ether oxygens (including phenoxy) is 1. The van der Waals surface area contributed by atoms with Crippen molar-refractivity contribution in [1.29, 1.82) is 0 Å². The molecule has 0 unspecified atom stereocenters. The summed E-state index contributed by atoms with van der Waals surface area (Å²) in [4.78, 5) is 12.2. The van der Waals surface area contributed by atoms with E-state index in [2.05, 4.69) is 34.1 Å². The lowest BCUT2D eigenvalue weighted by atomic mass is 9.88. The van der Waals surface area contributed by atoms with E-state index in [1.54, 1.807) is 0 Å². The van der Waals surface area contributed by atoms with Crippen LogP contribution in [0.4, 0.5) is 0 Å². The van der Waals surface area contributed by atoms with Crippen LogP contribution < -0.4 is 0 Å². The van der Waals surface area contributed by atoms with Crippen LogP contribution in [0.25, 0.3) is 21.9 Å². The molecule has 25 heavy (non-hydrogen) atoms. The molecule has 128 valence electrons. The highest BCUT2D eigenvalue weighted by molar-refractivity contribution is 9.08. The van der Waals surface area contributed by atoms with E-state index in [0.717, 1.165) is 33.0 Å². The number of halogens is 2. The van der Waals surface area contributed by atoms with Gasteiger partial charge in [0.25, 0.3) is 0 Å². The predicted molar refractivity (Wildman–Crippen MR) is 107 cm³/mol. The van der Waals surface area contributed by atoms with Gasteiger partial charge in [0.2, 0.25) is 0 Å². The quantitative estimate of drug-likeness (QED) is 0.367. The van der Waals surface area contributed by atoms with Gasteiger partial charge < -0.3 is 4.74 Å². The van der Waals surface area contributed by atoms with Crippen molar-refractivity contribution in [2.24, 2.45) is 0 Å². The maximum absolute atomic E-state index is 12.2. The van der Waals surface area contributed by atoms with Crippen LogP contribution in [0, 0.1) is 0 Å². The van der Waals surface area contributed by atoms with Crippen molar-refractivity contribution >= 4 is 44.3 Å². The van der Waals surface area contributed by atoms with Crippen molar-refractivity contribution in [3.63, 3.8) is 0 Å². The molecular weight excluding hydrogens is 400 g/mol. The Bertz CT molecular complexity index is 904. The molecule has 0 aromatic heterocycles. The number of fused-ring (bicyclic) bond motifs is 1. The van der Waals surface area contributed by atoms with Gasteiger partial charge in [-0.15, -0.1) is 0 Å². The monoisotopic (exact) mass is 416 g/mol. The highest BCUT2D eigenvalue weighted by atomic mass is 79.9. The Morgan fingerprint density at radius 1 is 1.12 bits per heavy atom. The molecule has 0 fully saturated rings. The van der Waals surface area contributed by atoms with E-state index in [-0.39, 0.29) is 12.4 Å². The molecule has 4 heteroatoms. The van der Waals surface area contributed by atoms with Gasteiger partial charge in [-0.2, -0.15) is 0 Å². The molecule has 0 aliphatic heterocycles. The lowest BCUT2D eigenvalue weighted by Crippen LogP contribution is -2.10. The number of alkyl halides is 1. The van der Waals surface area contributed by atoms with Crippen molar-refractivity contribution in [3.8, 4) is 11.1 Å². The first-order chi connectivity index (χ1) is 12.1. The van der Waals surface area contributed by atoms with Crippen LogP contribution in [0.1, 0.15) is 18.1 Å². The van der Waals surface area contributed by atoms with Gasteiger partial charge in [-0.05, 0) is 58.1 Å². The molecule has 0 amide bonds. The zero-order chi connectivity index (χ0) is 17.8. The molecule has 3 aromatic carbocycles. The van der Waals surface area contributed by atoms with Crippen LogP contribution in [-0.2, 0) is 21.3 Å². The second-order valence-electron chi connectivity index (χ2n) is 5.73. The predicted octanol–water partition coefficient (Wildman–Crippen LogP) is 6.16. The zero-order valence-electron chi connectivity index (χ0n) is 13.9. The maximum atomic E-state index is 12.2. The third-order valence-corrected chi connectivity index (χ3v) is 5.01. The molecule has 0 saturated heterocycles. The van der Waals surface area contributed by atoms with Gasteiger partial charge in [0.05, 0.1) is 13.0 Å². The van der Waals surface area contributed by atoms with Crippen LogP contribution in [0.3, 0.4) is 0 Å². The van der Waals surface area contributed by atoms with Gasteiger partial charge in [0.15, 0.2) is 0 Å². The van der Waals surface area contributed by atoms with Gasteiger partial charge in [-0.1, -0.05) is 63.9 Å². The van der Waals surface area contributed by atoms with Gasteiger partial charge in [0.1, 0.15) is 0 Å². The standard InChI is InChI=1S/C21H18BrClO2/c1-2-25-20(24)12-19-16(13-22)11-15-5-3-4-6-18(15)21(19)14-7-9-17(23)10-8-14/h3-11H,2,12-13H2,1H3. The number of carbonyl (C=O) groups is 1. The summed E-state index contributed by atoms with van der Waals surface area (Å²) in [6, 6.07) is 18.1. The third kappa shape index (κ3) is 3.88. The second-order valence-corrected chi connectivity index (χ2v) is 6.73. The van der Waals surface area contributed by atoms with E-state index in [0.29, 0.717) is 17.0 Å². The summed E-state index contributed by atoms with van der Waals surface area (Å²) in [6.07, 6.45) is 0.248. The van der Waals surface area contributed by atoms with E-state index >= 15 is 0 Å². The van der Waals surface area contributed by atoms with Crippen LogP contribution in [0.15, 0.2) is 54.6 Å². The third-order valence-electron chi connectivity index (χ3n) is 4.15. The number of rotatable bonds is 5. The normalized spacial score (nSPS) is 10.8. The van der Waals surface area contributed by atoms with E-state index in [1.807, 2.05) is 43.3 Å². The molecule has 3 aromatic rings. The number of hydrogen-bond donors (Lipinski definition) is 0. The molecule has 0 aliphatic rings. The Balaban J connectivity index is 2.28. The topological polar surface area (TPSA) is 26.3 Å². The summed E-state index contributed by atoms with van der Waals surface area (Å²) in [6.45, 7) is 2.20. The largest absolute Gasteiger partial charge is 0.466 e. The number of hydrogen-bond acceptors (Lipinski definition) is 2. The Labute approximate surface area is 160 Å². The van der Waals surface area contributed by atoms with Gasteiger partial charge in [-0.25, -0.2) is 0 Å². The molecule has 0 atom stereocenters. The zero-order valence-corrected chi connectivity index (χ0v) is 16.2. The summed E-state index contributed by atoms with van der Waals surface area (Å²) in [5.41, 5.74) is 4.20. The molecule has 0 spiro atoms. The number of benzene rings is 3. The van der Waals surface area contributed by atoms with Crippen LogP contribution in [0.5, 0.6) is 0 Å². The molecule has 0 saturated carbocycles. The molecule has 0 aliphatic carbocycles. The Hall–Kier alpha value is -1.84. The minimum absolute atomic E-state index is 0.213. The van der Waals surface area contributed by atoms with Crippen LogP contribution in [0.2, 0.25) is 5.02 Å². The fraction of sp³-hybridized carbons (Fsp3) is 0.190. The first-order valence-corrected chi connectivity index (χ1v) is 9.65. The average molecular weight is 418 g/mol. The average Bonchev–Trinajstić information content (AvgIpc) is 2.62. The molecule has 2 nitrogen and oxygen atoms in total. The SMILES string of the molecule is CCOC(=O)Cc1c(CBr)cc2ccccc2c1-c1ccc(Cl)cc1. The summed E-state index contributed by atoms with van der Waals surface area (Å²) in [5, 5.41) is 3.63. The maximum Gasteiger partial charge on any atom is 0.310 e. The molecule has 0 N–H and O–H groups in total. The van der Waals surface area contributed by atoms with Gasteiger partial charge >= 0.3 is 5.97 Å². The fourth-order valence-corrected chi connectivity index (χ4v) is 3.70. The Morgan fingerprint density at radius 3 is 2.52 bits per heavy atom. The fourth-order valence-electron chi connectivity index (χ4n) is 3.07. The summed E-state index contributed by atoms with van der Waals surface area (Å²) in [7, 11) is 0. The highest BCUT2D eigenvalue weighted by Crippen LogP contribution is 2.36. The molecule has 0 radical (unpaired) electrons. The Morgan fingerprint density at radius 2 is 1.84 bits per heavy atom. The first kappa shape index (κ1) is 18.0. The summed E-state index contributed by atoms with van der Waals surface area (Å²) >= 11 is 9.63. The van der Waals surface area contributed by atoms with E-state index in [1.165, 1.54) is 0 Å². The Kier molecular flexibility index (Phi) is 5.77.